The maximum atomic E-state index is 12.6. The van der Waals surface area contributed by atoms with Crippen LogP contribution in [-0.2, 0) is 6.61 Å². The molecule has 30 heavy (non-hydrogen) atoms. The quantitative estimate of drug-likeness (QED) is 0.502. The molecule has 0 spiro atoms. The summed E-state index contributed by atoms with van der Waals surface area (Å²) in [5, 5.41) is 2.95. The van der Waals surface area contributed by atoms with Crippen molar-refractivity contribution in [3.8, 4) is 17.2 Å². The number of nitrogens with one attached hydrogen (secondary N) is 1. The van der Waals surface area contributed by atoms with Crippen molar-refractivity contribution in [3.05, 3.63) is 77.7 Å². The minimum absolute atomic E-state index is 0.235. The van der Waals surface area contributed by atoms with E-state index >= 15 is 0 Å². The van der Waals surface area contributed by atoms with Crippen LogP contribution in [0.2, 0.25) is 0 Å². The molecule has 3 rings (SSSR count). The fourth-order valence-corrected chi connectivity index (χ4v) is 2.94. The van der Waals surface area contributed by atoms with Gasteiger partial charge in [0, 0.05) is 0 Å². The Morgan fingerprint density at radius 2 is 1.67 bits per heavy atom. The largest absolute Gasteiger partial charge is 0.490 e. The maximum absolute atomic E-state index is 12.6. The van der Waals surface area contributed by atoms with Crippen LogP contribution in [0.5, 0.6) is 17.2 Å². The summed E-state index contributed by atoms with van der Waals surface area (Å²) in [5.74, 6) is 2.63. The molecule has 0 saturated heterocycles. The second-order valence-electron chi connectivity index (χ2n) is 6.64. The van der Waals surface area contributed by atoms with Crippen molar-refractivity contribution in [3.63, 3.8) is 0 Å². The van der Waals surface area contributed by atoms with Gasteiger partial charge in [-0.1, -0.05) is 24.3 Å². The maximum Gasteiger partial charge on any atom is 0.287 e. The van der Waals surface area contributed by atoms with Gasteiger partial charge >= 0.3 is 0 Å². The van der Waals surface area contributed by atoms with Crippen LogP contribution in [0, 0.1) is 0 Å². The highest BCUT2D eigenvalue weighted by molar-refractivity contribution is 5.91. The van der Waals surface area contributed by atoms with E-state index in [1.165, 1.54) is 0 Å². The Hall–Kier alpha value is -3.41. The predicted octanol–water partition coefficient (Wildman–Crippen LogP) is 5.15. The normalized spacial score (nSPS) is 11.6. The van der Waals surface area contributed by atoms with E-state index in [4.69, 9.17) is 18.6 Å². The summed E-state index contributed by atoms with van der Waals surface area (Å²) in [6, 6.07) is 18.3. The van der Waals surface area contributed by atoms with E-state index in [-0.39, 0.29) is 24.3 Å². The average molecular weight is 409 g/mol. The predicted molar refractivity (Wildman–Crippen MR) is 114 cm³/mol. The minimum Gasteiger partial charge on any atom is -0.490 e. The summed E-state index contributed by atoms with van der Waals surface area (Å²) in [5.41, 5.74) is 0.912. The van der Waals surface area contributed by atoms with Gasteiger partial charge in [0.2, 0.25) is 0 Å². The Labute approximate surface area is 176 Å². The lowest BCUT2D eigenvalue weighted by molar-refractivity contribution is 0.0907. The molecule has 1 heterocycles. The van der Waals surface area contributed by atoms with Crippen molar-refractivity contribution in [2.45, 2.75) is 33.4 Å². The fourth-order valence-electron chi connectivity index (χ4n) is 2.94. The van der Waals surface area contributed by atoms with E-state index in [0.29, 0.717) is 30.5 Å². The summed E-state index contributed by atoms with van der Waals surface area (Å²) in [6.07, 6.45) is 0. The first-order valence-electron chi connectivity index (χ1n) is 10.1. The summed E-state index contributed by atoms with van der Waals surface area (Å²) in [6.45, 7) is 7.10. The van der Waals surface area contributed by atoms with Gasteiger partial charge in [0.05, 0.1) is 19.3 Å². The monoisotopic (exact) mass is 409 g/mol. The lowest BCUT2D eigenvalue weighted by atomic mass is 10.1. The van der Waals surface area contributed by atoms with Crippen molar-refractivity contribution in [2.75, 3.05) is 13.2 Å². The molecule has 1 aromatic heterocycles. The Balaban J connectivity index is 1.61. The van der Waals surface area contributed by atoms with Crippen LogP contribution in [0.3, 0.4) is 0 Å². The molecule has 0 fully saturated rings. The van der Waals surface area contributed by atoms with Crippen LogP contribution < -0.4 is 19.5 Å². The van der Waals surface area contributed by atoms with Crippen molar-refractivity contribution in [2.24, 2.45) is 0 Å². The molecule has 1 amide bonds. The molecule has 0 bridgehead atoms. The van der Waals surface area contributed by atoms with Crippen LogP contribution in [0.15, 0.2) is 65.1 Å². The van der Waals surface area contributed by atoms with Gasteiger partial charge in [0.25, 0.3) is 5.91 Å². The SMILES string of the molecule is CCOc1ccc([C@H](C)NC(=O)c2ccc(COc3ccccc3)o2)cc1OCC. The van der Waals surface area contributed by atoms with Crippen LogP contribution in [0.4, 0.5) is 0 Å². The highest BCUT2D eigenvalue weighted by atomic mass is 16.5. The van der Waals surface area contributed by atoms with Gasteiger partial charge in [0.15, 0.2) is 17.3 Å². The highest BCUT2D eigenvalue weighted by Crippen LogP contribution is 2.30. The molecule has 2 aromatic carbocycles. The fraction of sp³-hybridized carbons (Fsp3) is 0.292. The van der Waals surface area contributed by atoms with Gasteiger partial charge in [-0.25, -0.2) is 0 Å². The zero-order chi connectivity index (χ0) is 21.3. The lowest BCUT2D eigenvalue weighted by Crippen LogP contribution is -2.26. The molecule has 6 heteroatoms. The van der Waals surface area contributed by atoms with Crippen molar-refractivity contribution in [1.82, 2.24) is 5.32 Å². The molecule has 0 aliphatic heterocycles. The molecule has 158 valence electrons. The topological polar surface area (TPSA) is 69.9 Å². The third kappa shape index (κ3) is 5.56. The van der Waals surface area contributed by atoms with E-state index in [1.54, 1.807) is 12.1 Å². The third-order valence-corrected chi connectivity index (χ3v) is 4.42. The number of carbonyl (C=O) groups is 1. The summed E-state index contributed by atoms with van der Waals surface area (Å²) >= 11 is 0. The number of amides is 1. The molecule has 1 N–H and O–H groups in total. The standard InChI is InChI=1S/C24H27NO5/c1-4-27-21-13-11-18(15-23(21)28-5-2)17(3)25-24(26)22-14-12-20(30-22)16-29-19-9-7-6-8-10-19/h6-15,17H,4-5,16H2,1-3H3,(H,25,26)/t17-/m0/s1. The van der Waals surface area contributed by atoms with Crippen molar-refractivity contribution >= 4 is 5.91 Å². The molecule has 3 aromatic rings. The molecular weight excluding hydrogens is 382 g/mol. The number of carbonyl (C=O) groups excluding carboxylic acids is 1. The number of benzene rings is 2. The minimum atomic E-state index is -0.291. The highest BCUT2D eigenvalue weighted by Gasteiger charge is 2.17. The van der Waals surface area contributed by atoms with Crippen LogP contribution in [0.25, 0.3) is 0 Å². The van der Waals surface area contributed by atoms with Crippen LogP contribution in [0.1, 0.15) is 48.7 Å². The number of rotatable bonds is 10. The van der Waals surface area contributed by atoms with E-state index in [1.807, 2.05) is 69.3 Å². The molecule has 6 nitrogen and oxygen atoms in total. The van der Waals surface area contributed by atoms with E-state index in [2.05, 4.69) is 5.32 Å². The molecule has 0 unspecified atom stereocenters. The Morgan fingerprint density at radius 3 is 2.40 bits per heavy atom. The van der Waals surface area contributed by atoms with Crippen molar-refractivity contribution in [1.29, 1.82) is 0 Å². The van der Waals surface area contributed by atoms with Gasteiger partial charge in [-0.3, -0.25) is 4.79 Å². The van der Waals surface area contributed by atoms with Crippen molar-refractivity contribution < 1.29 is 23.4 Å². The van der Waals surface area contributed by atoms with E-state index in [0.717, 1.165) is 11.3 Å². The average Bonchev–Trinajstić information content (AvgIpc) is 3.24. The number of hydrogen-bond donors (Lipinski definition) is 1. The number of para-hydroxylation sites is 1. The first-order valence-corrected chi connectivity index (χ1v) is 10.1. The molecule has 1 atom stereocenters. The Kier molecular flexibility index (Phi) is 7.38. The number of furan rings is 1. The Bertz CT molecular complexity index is 951. The zero-order valence-electron chi connectivity index (χ0n) is 17.5. The zero-order valence-corrected chi connectivity index (χ0v) is 17.5. The van der Waals surface area contributed by atoms with Gasteiger partial charge in [-0.15, -0.1) is 0 Å². The third-order valence-electron chi connectivity index (χ3n) is 4.42. The molecule has 0 radical (unpaired) electrons. The lowest BCUT2D eigenvalue weighted by Gasteiger charge is -2.17. The van der Waals surface area contributed by atoms with Gasteiger partial charge in [-0.2, -0.15) is 0 Å². The smallest absolute Gasteiger partial charge is 0.287 e. The molecule has 0 aliphatic rings. The van der Waals surface area contributed by atoms with E-state index in [9.17, 15) is 4.79 Å². The van der Waals surface area contributed by atoms with Crippen LogP contribution in [-0.4, -0.2) is 19.1 Å². The first kappa shape index (κ1) is 21.3. The van der Waals surface area contributed by atoms with Crippen LogP contribution >= 0.6 is 0 Å². The summed E-state index contributed by atoms with van der Waals surface area (Å²) in [7, 11) is 0. The summed E-state index contributed by atoms with van der Waals surface area (Å²) < 4.78 is 22.5. The molecule has 0 saturated carbocycles. The molecular formula is C24H27NO5. The number of ether oxygens (including phenoxy) is 3. The van der Waals surface area contributed by atoms with Gasteiger partial charge in [0.1, 0.15) is 18.1 Å². The second-order valence-corrected chi connectivity index (χ2v) is 6.64. The first-order chi connectivity index (χ1) is 14.6. The van der Waals surface area contributed by atoms with E-state index < -0.39 is 0 Å². The number of hydrogen-bond acceptors (Lipinski definition) is 5. The second kappa shape index (κ2) is 10.4. The van der Waals surface area contributed by atoms with Gasteiger partial charge < -0.3 is 23.9 Å². The summed E-state index contributed by atoms with van der Waals surface area (Å²) in [4.78, 5) is 12.6. The van der Waals surface area contributed by atoms with Gasteiger partial charge in [-0.05, 0) is 62.7 Å². The Morgan fingerprint density at radius 1 is 0.933 bits per heavy atom. The molecule has 0 aliphatic carbocycles.